The Morgan fingerprint density at radius 3 is 2.86 bits per heavy atom. The zero-order chi connectivity index (χ0) is 20.1. The zero-order valence-corrected chi connectivity index (χ0v) is 16.0. The first kappa shape index (κ1) is 18.6. The second-order valence-electron chi connectivity index (χ2n) is 6.58. The van der Waals surface area contributed by atoms with Crippen LogP contribution in [-0.4, -0.2) is 22.6 Å². The highest BCUT2D eigenvalue weighted by atomic mass is 16.5. The van der Waals surface area contributed by atoms with E-state index in [4.69, 9.17) is 9.15 Å². The van der Waals surface area contributed by atoms with Gasteiger partial charge in [-0.1, -0.05) is 36.4 Å². The second kappa shape index (κ2) is 8.48. The number of amides is 1. The quantitative estimate of drug-likeness (QED) is 0.487. The van der Waals surface area contributed by atoms with E-state index in [0.717, 1.165) is 16.5 Å². The largest absolute Gasteiger partial charge is 0.493 e. The number of methoxy groups -OCH3 is 1. The number of carbonyl (C=O) groups excluding carboxylic acids is 1. The van der Waals surface area contributed by atoms with Gasteiger partial charge in [-0.2, -0.15) is 0 Å². The maximum absolute atomic E-state index is 12.3. The SMILES string of the molecule is COc1cccc2cc(C=CC(=O)NCc3ccccc3Cn3ccnc3)oc12. The van der Waals surface area contributed by atoms with Crippen LogP contribution in [0.25, 0.3) is 17.0 Å². The predicted molar refractivity (Wildman–Crippen MR) is 111 cm³/mol. The molecule has 29 heavy (non-hydrogen) atoms. The Balaban J connectivity index is 1.41. The topological polar surface area (TPSA) is 69.3 Å². The van der Waals surface area contributed by atoms with Gasteiger partial charge in [-0.05, 0) is 29.3 Å². The Kier molecular flexibility index (Phi) is 5.42. The van der Waals surface area contributed by atoms with Gasteiger partial charge >= 0.3 is 0 Å². The highest BCUT2D eigenvalue weighted by molar-refractivity contribution is 5.92. The van der Waals surface area contributed by atoms with E-state index < -0.39 is 0 Å². The maximum atomic E-state index is 12.3. The molecule has 4 rings (SSSR count). The highest BCUT2D eigenvalue weighted by Gasteiger charge is 2.08. The molecule has 0 saturated heterocycles. The summed E-state index contributed by atoms with van der Waals surface area (Å²) in [4.78, 5) is 16.3. The molecule has 0 fully saturated rings. The fourth-order valence-electron chi connectivity index (χ4n) is 3.16. The first-order valence-electron chi connectivity index (χ1n) is 9.28. The summed E-state index contributed by atoms with van der Waals surface area (Å²) in [5, 5.41) is 3.86. The Hall–Kier alpha value is -3.80. The summed E-state index contributed by atoms with van der Waals surface area (Å²) >= 11 is 0. The Bertz CT molecular complexity index is 1140. The van der Waals surface area contributed by atoms with Gasteiger partial charge in [0.25, 0.3) is 0 Å². The van der Waals surface area contributed by atoms with Gasteiger partial charge in [0.2, 0.25) is 5.91 Å². The second-order valence-corrected chi connectivity index (χ2v) is 6.58. The number of hydrogen-bond donors (Lipinski definition) is 1. The third-order valence-corrected chi connectivity index (χ3v) is 4.63. The number of benzene rings is 2. The molecule has 0 unspecified atom stereocenters. The van der Waals surface area contributed by atoms with E-state index in [1.165, 1.54) is 6.08 Å². The summed E-state index contributed by atoms with van der Waals surface area (Å²) < 4.78 is 13.1. The van der Waals surface area contributed by atoms with Crippen LogP contribution in [-0.2, 0) is 17.9 Å². The fraction of sp³-hybridized carbons (Fsp3) is 0.130. The van der Waals surface area contributed by atoms with Crippen LogP contribution in [0.4, 0.5) is 0 Å². The number of nitrogens with one attached hydrogen (secondary N) is 1. The van der Waals surface area contributed by atoms with E-state index in [2.05, 4.69) is 16.4 Å². The minimum atomic E-state index is -0.185. The van der Waals surface area contributed by atoms with Crippen molar-refractivity contribution >= 4 is 23.0 Å². The molecule has 0 aliphatic rings. The fourth-order valence-corrected chi connectivity index (χ4v) is 3.16. The number of furan rings is 1. The number of ether oxygens (including phenoxy) is 1. The molecule has 6 nitrogen and oxygen atoms in total. The van der Waals surface area contributed by atoms with Gasteiger partial charge in [0.05, 0.1) is 13.4 Å². The summed E-state index contributed by atoms with van der Waals surface area (Å²) in [5.74, 6) is 1.08. The summed E-state index contributed by atoms with van der Waals surface area (Å²) in [7, 11) is 1.60. The summed E-state index contributed by atoms with van der Waals surface area (Å²) in [6.07, 6.45) is 8.58. The van der Waals surface area contributed by atoms with Crippen molar-refractivity contribution < 1.29 is 13.9 Å². The first-order chi connectivity index (χ1) is 14.2. The van der Waals surface area contributed by atoms with Crippen molar-refractivity contribution in [2.24, 2.45) is 0 Å². The predicted octanol–water partition coefficient (Wildman–Crippen LogP) is 4.02. The number of para-hydroxylation sites is 1. The Morgan fingerprint density at radius 1 is 1.21 bits per heavy atom. The van der Waals surface area contributed by atoms with Gasteiger partial charge in [-0.25, -0.2) is 4.98 Å². The van der Waals surface area contributed by atoms with Gasteiger partial charge in [0.1, 0.15) is 5.76 Å². The molecular weight excluding hydrogens is 366 g/mol. The van der Waals surface area contributed by atoms with E-state index in [-0.39, 0.29) is 5.91 Å². The van der Waals surface area contributed by atoms with Crippen molar-refractivity contribution in [1.29, 1.82) is 0 Å². The highest BCUT2D eigenvalue weighted by Crippen LogP contribution is 2.28. The van der Waals surface area contributed by atoms with E-state index in [1.807, 2.05) is 53.2 Å². The molecule has 6 heteroatoms. The normalized spacial score (nSPS) is 11.2. The van der Waals surface area contributed by atoms with Crippen molar-refractivity contribution in [2.45, 2.75) is 13.1 Å². The lowest BCUT2D eigenvalue weighted by Gasteiger charge is -2.10. The van der Waals surface area contributed by atoms with Crippen LogP contribution in [0.5, 0.6) is 5.75 Å². The van der Waals surface area contributed by atoms with E-state index in [9.17, 15) is 4.79 Å². The summed E-state index contributed by atoms with van der Waals surface area (Å²) in [6.45, 7) is 1.16. The minimum Gasteiger partial charge on any atom is -0.493 e. The Labute approximate surface area is 168 Å². The third kappa shape index (κ3) is 4.38. The molecule has 1 N–H and O–H groups in total. The van der Waals surface area contributed by atoms with Gasteiger partial charge < -0.3 is 19.0 Å². The minimum absolute atomic E-state index is 0.185. The summed E-state index contributed by atoms with van der Waals surface area (Å²) in [5.41, 5.74) is 2.87. The molecule has 2 aromatic heterocycles. The van der Waals surface area contributed by atoms with Crippen LogP contribution in [0, 0.1) is 0 Å². The molecule has 4 aromatic rings. The van der Waals surface area contributed by atoms with Crippen molar-refractivity contribution in [2.75, 3.05) is 7.11 Å². The van der Waals surface area contributed by atoms with Crippen LogP contribution in [0.1, 0.15) is 16.9 Å². The number of aromatic nitrogens is 2. The van der Waals surface area contributed by atoms with Gasteiger partial charge in [0, 0.05) is 36.9 Å². The van der Waals surface area contributed by atoms with Crippen LogP contribution < -0.4 is 10.1 Å². The first-order valence-corrected chi connectivity index (χ1v) is 9.28. The van der Waals surface area contributed by atoms with Crippen LogP contribution in [0.3, 0.4) is 0 Å². The van der Waals surface area contributed by atoms with Crippen LogP contribution in [0.15, 0.2) is 77.7 Å². The molecule has 1 amide bonds. The number of nitrogens with zero attached hydrogens (tertiary/aromatic N) is 2. The molecular formula is C23H21N3O3. The molecule has 2 aromatic carbocycles. The van der Waals surface area contributed by atoms with Crippen molar-refractivity contribution in [3.63, 3.8) is 0 Å². The smallest absolute Gasteiger partial charge is 0.244 e. The molecule has 0 aliphatic carbocycles. The number of fused-ring (bicyclic) bond motifs is 1. The summed E-state index contributed by atoms with van der Waals surface area (Å²) in [6, 6.07) is 15.6. The van der Waals surface area contributed by atoms with E-state index in [1.54, 1.807) is 25.7 Å². The number of imidazole rings is 1. The molecule has 2 heterocycles. The van der Waals surface area contributed by atoms with Crippen molar-refractivity contribution in [3.05, 3.63) is 90.2 Å². The van der Waals surface area contributed by atoms with Gasteiger partial charge in [0.15, 0.2) is 11.3 Å². The zero-order valence-electron chi connectivity index (χ0n) is 16.0. The van der Waals surface area contributed by atoms with Crippen molar-refractivity contribution in [1.82, 2.24) is 14.9 Å². The lowest BCUT2D eigenvalue weighted by atomic mass is 10.1. The third-order valence-electron chi connectivity index (χ3n) is 4.63. The number of carbonyl (C=O) groups is 1. The van der Waals surface area contributed by atoms with Gasteiger partial charge in [-0.3, -0.25) is 4.79 Å². The molecule has 0 aliphatic heterocycles. The number of hydrogen-bond acceptors (Lipinski definition) is 4. The lowest BCUT2D eigenvalue weighted by Crippen LogP contribution is -2.21. The molecule has 0 atom stereocenters. The lowest BCUT2D eigenvalue weighted by molar-refractivity contribution is -0.116. The molecule has 146 valence electrons. The molecule has 0 spiro atoms. The van der Waals surface area contributed by atoms with Gasteiger partial charge in [-0.15, -0.1) is 0 Å². The van der Waals surface area contributed by atoms with E-state index in [0.29, 0.717) is 30.2 Å². The number of rotatable bonds is 7. The Morgan fingerprint density at radius 2 is 2.07 bits per heavy atom. The van der Waals surface area contributed by atoms with Crippen molar-refractivity contribution in [3.8, 4) is 5.75 Å². The van der Waals surface area contributed by atoms with Crippen LogP contribution in [0.2, 0.25) is 0 Å². The molecule has 0 bridgehead atoms. The monoisotopic (exact) mass is 387 g/mol. The average molecular weight is 387 g/mol. The van der Waals surface area contributed by atoms with E-state index >= 15 is 0 Å². The molecule has 0 radical (unpaired) electrons. The molecule has 0 saturated carbocycles. The standard InChI is InChI=1S/C23H21N3O3/c1-28-21-8-4-7-17-13-20(29-23(17)21)9-10-22(27)25-14-18-5-2-3-6-19(18)15-26-12-11-24-16-26/h2-13,16H,14-15H2,1H3,(H,25,27). The maximum Gasteiger partial charge on any atom is 0.244 e. The van der Waals surface area contributed by atoms with Crippen LogP contribution >= 0.6 is 0 Å². The average Bonchev–Trinajstić information content (AvgIpc) is 3.40.